The molecule has 3 heteroatoms. The molecule has 3 nitrogen and oxygen atoms in total. The summed E-state index contributed by atoms with van der Waals surface area (Å²) in [6.07, 6.45) is 2.77. The molecule has 14 heavy (non-hydrogen) atoms. The summed E-state index contributed by atoms with van der Waals surface area (Å²) < 4.78 is 1.80. The zero-order chi connectivity index (χ0) is 10.8. The van der Waals surface area contributed by atoms with Gasteiger partial charge in [0.15, 0.2) is 0 Å². The van der Waals surface area contributed by atoms with Gasteiger partial charge in [0.05, 0.1) is 5.69 Å². The summed E-state index contributed by atoms with van der Waals surface area (Å²) in [5.41, 5.74) is 0.992. The van der Waals surface area contributed by atoms with E-state index in [4.69, 9.17) is 0 Å². The lowest BCUT2D eigenvalue weighted by molar-refractivity contribution is 0.0936. The van der Waals surface area contributed by atoms with E-state index in [1.54, 1.807) is 4.68 Å². The van der Waals surface area contributed by atoms with Crippen LogP contribution in [-0.2, 0) is 13.5 Å². The lowest BCUT2D eigenvalue weighted by Crippen LogP contribution is -2.30. The van der Waals surface area contributed by atoms with E-state index in [1.807, 2.05) is 19.3 Å². The van der Waals surface area contributed by atoms with E-state index in [0.717, 1.165) is 12.1 Å². The van der Waals surface area contributed by atoms with Crippen LogP contribution in [0.5, 0.6) is 0 Å². The van der Waals surface area contributed by atoms with Gasteiger partial charge in [-0.2, -0.15) is 5.10 Å². The molecule has 0 saturated carbocycles. The number of aliphatic hydroxyl groups excluding tert-OH is 1. The van der Waals surface area contributed by atoms with Crippen molar-refractivity contribution in [3.05, 3.63) is 18.0 Å². The van der Waals surface area contributed by atoms with Gasteiger partial charge >= 0.3 is 0 Å². The van der Waals surface area contributed by atoms with Crippen LogP contribution in [0, 0.1) is 11.3 Å². The molecule has 0 aliphatic rings. The zero-order valence-corrected chi connectivity index (χ0v) is 9.49. The summed E-state index contributed by atoms with van der Waals surface area (Å²) in [6, 6.07) is 2.01. The number of hydrogen-bond donors (Lipinski definition) is 1. The first-order valence-electron chi connectivity index (χ1n) is 5.07. The van der Waals surface area contributed by atoms with Gasteiger partial charge in [-0.1, -0.05) is 20.8 Å². The van der Waals surface area contributed by atoms with E-state index in [1.165, 1.54) is 0 Å². The molecule has 0 spiro atoms. The maximum atomic E-state index is 9.39. The topological polar surface area (TPSA) is 38.0 Å². The maximum absolute atomic E-state index is 9.39. The minimum Gasteiger partial charge on any atom is -0.396 e. The minimum absolute atomic E-state index is 0.0612. The lowest BCUT2D eigenvalue weighted by Gasteiger charge is -2.30. The van der Waals surface area contributed by atoms with Gasteiger partial charge in [-0.25, -0.2) is 0 Å². The van der Waals surface area contributed by atoms with Crippen LogP contribution in [0.1, 0.15) is 26.5 Å². The van der Waals surface area contributed by atoms with Gasteiger partial charge in [0.2, 0.25) is 0 Å². The molecule has 1 heterocycles. The molecule has 0 aliphatic carbocycles. The highest BCUT2D eigenvalue weighted by molar-refractivity contribution is 5.03. The third-order valence-corrected chi connectivity index (χ3v) is 3.11. The summed E-state index contributed by atoms with van der Waals surface area (Å²) in [4.78, 5) is 0. The van der Waals surface area contributed by atoms with Gasteiger partial charge in [-0.05, 0) is 23.8 Å². The quantitative estimate of drug-likeness (QED) is 0.794. The van der Waals surface area contributed by atoms with E-state index in [9.17, 15) is 5.11 Å². The lowest BCUT2D eigenvalue weighted by atomic mass is 9.76. The van der Waals surface area contributed by atoms with Crippen molar-refractivity contribution in [3.63, 3.8) is 0 Å². The fourth-order valence-corrected chi connectivity index (χ4v) is 1.41. The first kappa shape index (κ1) is 11.2. The van der Waals surface area contributed by atoms with Crippen LogP contribution in [0.25, 0.3) is 0 Å². The van der Waals surface area contributed by atoms with Gasteiger partial charge in [-0.3, -0.25) is 4.68 Å². The van der Waals surface area contributed by atoms with E-state index in [-0.39, 0.29) is 12.0 Å². The van der Waals surface area contributed by atoms with Crippen molar-refractivity contribution in [2.45, 2.75) is 27.2 Å². The van der Waals surface area contributed by atoms with Crippen LogP contribution in [0.2, 0.25) is 0 Å². The van der Waals surface area contributed by atoms with Crippen LogP contribution in [-0.4, -0.2) is 21.5 Å². The average molecular weight is 196 g/mol. The molecule has 1 unspecified atom stereocenters. The average Bonchev–Trinajstić information content (AvgIpc) is 2.50. The van der Waals surface area contributed by atoms with Crippen molar-refractivity contribution in [1.29, 1.82) is 0 Å². The van der Waals surface area contributed by atoms with Crippen molar-refractivity contribution in [1.82, 2.24) is 9.78 Å². The Hall–Kier alpha value is -0.830. The van der Waals surface area contributed by atoms with Crippen LogP contribution in [0.4, 0.5) is 0 Å². The molecule has 1 atom stereocenters. The van der Waals surface area contributed by atoms with E-state index < -0.39 is 0 Å². The van der Waals surface area contributed by atoms with Crippen molar-refractivity contribution in [2.24, 2.45) is 18.4 Å². The molecule has 1 aromatic rings. The fourth-order valence-electron chi connectivity index (χ4n) is 1.41. The second-order valence-corrected chi connectivity index (χ2v) is 4.62. The number of aryl methyl sites for hydroxylation is 1. The second kappa shape index (κ2) is 4.13. The van der Waals surface area contributed by atoms with Crippen molar-refractivity contribution in [3.8, 4) is 0 Å². The second-order valence-electron chi connectivity index (χ2n) is 4.62. The van der Waals surface area contributed by atoms with Crippen molar-refractivity contribution < 1.29 is 5.11 Å². The van der Waals surface area contributed by atoms with E-state index in [2.05, 4.69) is 25.9 Å². The molecule has 1 rings (SSSR count). The standard InChI is InChI=1S/C11H20N2O/c1-9(2)11(3,8-14)7-10-5-6-13(4)12-10/h5-6,9,14H,7-8H2,1-4H3. The van der Waals surface area contributed by atoms with Crippen LogP contribution in [0.15, 0.2) is 12.3 Å². The first-order chi connectivity index (χ1) is 6.48. The number of nitrogens with zero attached hydrogens (tertiary/aromatic N) is 2. The Morgan fingerprint density at radius 2 is 2.21 bits per heavy atom. The van der Waals surface area contributed by atoms with Crippen LogP contribution < -0.4 is 0 Å². The summed E-state index contributed by atoms with van der Waals surface area (Å²) in [6.45, 7) is 6.59. The van der Waals surface area contributed by atoms with E-state index >= 15 is 0 Å². The maximum Gasteiger partial charge on any atom is 0.0630 e. The smallest absolute Gasteiger partial charge is 0.0630 e. The Morgan fingerprint density at radius 3 is 2.57 bits per heavy atom. The van der Waals surface area contributed by atoms with Gasteiger partial charge in [0.25, 0.3) is 0 Å². The zero-order valence-electron chi connectivity index (χ0n) is 9.49. The molecule has 0 aromatic carbocycles. The predicted octanol–water partition coefficient (Wildman–Crippen LogP) is 1.62. The molecule has 0 fully saturated rings. The Kier molecular flexibility index (Phi) is 3.32. The highest BCUT2D eigenvalue weighted by Crippen LogP contribution is 2.29. The van der Waals surface area contributed by atoms with E-state index in [0.29, 0.717) is 5.92 Å². The largest absolute Gasteiger partial charge is 0.396 e. The Balaban J connectivity index is 2.75. The number of rotatable bonds is 4. The molecule has 0 bridgehead atoms. The normalized spacial score (nSPS) is 15.9. The van der Waals surface area contributed by atoms with Gasteiger partial charge in [0, 0.05) is 19.9 Å². The molecule has 0 aliphatic heterocycles. The van der Waals surface area contributed by atoms with Crippen molar-refractivity contribution in [2.75, 3.05) is 6.61 Å². The first-order valence-corrected chi connectivity index (χ1v) is 5.07. The molecule has 1 aromatic heterocycles. The molecular formula is C11H20N2O. The predicted molar refractivity (Wildman–Crippen MR) is 56.9 cm³/mol. The van der Waals surface area contributed by atoms with Gasteiger partial charge in [0.1, 0.15) is 0 Å². The monoisotopic (exact) mass is 196 g/mol. The molecule has 1 N–H and O–H groups in total. The van der Waals surface area contributed by atoms with Gasteiger partial charge < -0.3 is 5.11 Å². The summed E-state index contributed by atoms with van der Waals surface area (Å²) in [7, 11) is 1.91. The molecular weight excluding hydrogens is 176 g/mol. The Bertz CT molecular complexity index is 293. The number of aliphatic hydroxyl groups is 1. The van der Waals surface area contributed by atoms with Crippen LogP contribution >= 0.6 is 0 Å². The van der Waals surface area contributed by atoms with Crippen molar-refractivity contribution >= 4 is 0 Å². The van der Waals surface area contributed by atoms with Gasteiger partial charge in [-0.15, -0.1) is 0 Å². The summed E-state index contributed by atoms with van der Waals surface area (Å²) >= 11 is 0. The van der Waals surface area contributed by atoms with Crippen LogP contribution in [0.3, 0.4) is 0 Å². The summed E-state index contributed by atoms with van der Waals surface area (Å²) in [5.74, 6) is 0.453. The molecule has 0 amide bonds. The SMILES string of the molecule is CC(C)C(C)(CO)Cc1ccn(C)n1. The third-order valence-electron chi connectivity index (χ3n) is 3.11. The highest BCUT2D eigenvalue weighted by atomic mass is 16.3. The highest BCUT2D eigenvalue weighted by Gasteiger charge is 2.28. The number of hydrogen-bond acceptors (Lipinski definition) is 2. The summed E-state index contributed by atoms with van der Waals surface area (Å²) in [5, 5.41) is 13.7. The Labute approximate surface area is 85.8 Å². The molecule has 0 radical (unpaired) electrons. The molecule has 80 valence electrons. The molecule has 0 saturated heterocycles. The third kappa shape index (κ3) is 2.35. The number of aromatic nitrogens is 2. The Morgan fingerprint density at radius 1 is 1.57 bits per heavy atom. The minimum atomic E-state index is -0.0612. The fraction of sp³-hybridized carbons (Fsp3) is 0.727.